The summed E-state index contributed by atoms with van der Waals surface area (Å²) in [5.74, 6) is 1.35. The van der Waals surface area contributed by atoms with Crippen molar-refractivity contribution in [3.05, 3.63) is 68.3 Å². The van der Waals surface area contributed by atoms with Gasteiger partial charge in [-0.1, -0.05) is 26.7 Å². The molecular formula is C29H43N5O8. The summed E-state index contributed by atoms with van der Waals surface area (Å²) in [6.07, 6.45) is 3.38. The molecule has 0 radical (unpaired) electrons. The van der Waals surface area contributed by atoms with Gasteiger partial charge in [-0.05, 0) is 31.9 Å². The van der Waals surface area contributed by atoms with Gasteiger partial charge < -0.3 is 34.2 Å². The number of nitrogens with one attached hydrogen (secondary N) is 3. The minimum Gasteiger partial charge on any atom is -0.497 e. The average molecular weight is 590 g/mol. The standard InChI is InChI=1S/C29H43N5O8/c1-6-8-12-40-18-29(23-17-33(32-31-23)16-20-10-11-21(38-4)14-22(20)39-5)25(41-13-9-7-2)24(35)27(42-29)34-15-19(3)26(36)30-28(34)37/h10-11,14-15,17,24-25,27,31-32,35H,6-9,12-13,16,18H2,1-5H3,(H,30,36,37)/t24-,25?,27+,29-/m0/s1. The van der Waals surface area contributed by atoms with Crippen LogP contribution >= 0.6 is 0 Å². The van der Waals surface area contributed by atoms with Crippen LogP contribution in [0.3, 0.4) is 0 Å². The third kappa shape index (κ3) is 6.65. The zero-order chi connectivity index (χ0) is 30.3. The fourth-order valence-electron chi connectivity index (χ4n) is 5.06. The van der Waals surface area contributed by atoms with Gasteiger partial charge in [-0.15, -0.1) is 5.53 Å². The van der Waals surface area contributed by atoms with E-state index in [-0.39, 0.29) is 6.61 Å². The van der Waals surface area contributed by atoms with E-state index in [1.54, 1.807) is 21.1 Å². The van der Waals surface area contributed by atoms with Crippen LogP contribution in [-0.2, 0) is 20.8 Å². The van der Waals surface area contributed by atoms with Crippen LogP contribution in [0.1, 0.15) is 56.9 Å². The molecule has 2 aromatic rings. The lowest BCUT2D eigenvalue weighted by Crippen LogP contribution is -2.53. The minimum atomic E-state index is -1.32. The molecule has 0 aliphatic carbocycles. The summed E-state index contributed by atoms with van der Waals surface area (Å²) in [7, 11) is 3.20. The number of unbranched alkanes of at least 4 members (excludes halogenated alkanes) is 2. The molecule has 0 amide bonds. The Morgan fingerprint density at radius 3 is 2.57 bits per heavy atom. The van der Waals surface area contributed by atoms with E-state index in [1.807, 2.05) is 36.3 Å². The highest BCUT2D eigenvalue weighted by molar-refractivity contribution is 5.41. The molecule has 4 atom stereocenters. The first-order valence-electron chi connectivity index (χ1n) is 14.4. The second kappa shape index (κ2) is 14.2. The zero-order valence-electron chi connectivity index (χ0n) is 25.0. The van der Waals surface area contributed by atoms with E-state index in [2.05, 4.69) is 22.9 Å². The van der Waals surface area contributed by atoms with Gasteiger partial charge in [0.15, 0.2) is 11.8 Å². The van der Waals surface area contributed by atoms with Crippen molar-refractivity contribution in [3.8, 4) is 11.5 Å². The SMILES string of the molecule is CCCCOC[C@@]1(C2=CN(Cc3ccc(OC)cc3OC)NN2)O[C@@H](n2cc(C)c(=O)[nH]c2=O)[C@@H](O)C1OCCCC. The smallest absolute Gasteiger partial charge is 0.330 e. The van der Waals surface area contributed by atoms with Crippen molar-refractivity contribution in [2.24, 2.45) is 0 Å². The molecule has 232 valence electrons. The molecule has 0 spiro atoms. The van der Waals surface area contributed by atoms with Crippen LogP contribution in [0, 0.1) is 6.92 Å². The third-order valence-electron chi connectivity index (χ3n) is 7.48. The highest BCUT2D eigenvalue weighted by atomic mass is 16.6. The van der Waals surface area contributed by atoms with Crippen molar-refractivity contribution in [2.75, 3.05) is 34.0 Å². The Kier molecular flexibility index (Phi) is 10.7. The maximum Gasteiger partial charge on any atom is 0.330 e. The van der Waals surface area contributed by atoms with Crippen LogP contribution in [-0.4, -0.2) is 71.5 Å². The summed E-state index contributed by atoms with van der Waals surface area (Å²) < 4.78 is 31.1. The van der Waals surface area contributed by atoms with Crippen molar-refractivity contribution in [1.82, 2.24) is 25.5 Å². The van der Waals surface area contributed by atoms with Crippen LogP contribution in [0.15, 0.2) is 45.9 Å². The molecule has 4 N–H and O–H groups in total. The van der Waals surface area contributed by atoms with Gasteiger partial charge >= 0.3 is 5.69 Å². The van der Waals surface area contributed by atoms with Gasteiger partial charge in [0.2, 0.25) is 0 Å². The van der Waals surface area contributed by atoms with Gasteiger partial charge in [0.1, 0.15) is 23.7 Å². The number of benzene rings is 1. The number of aryl methyl sites for hydroxylation is 1. The van der Waals surface area contributed by atoms with E-state index >= 15 is 0 Å². The van der Waals surface area contributed by atoms with Crippen molar-refractivity contribution in [3.63, 3.8) is 0 Å². The molecular weight excluding hydrogens is 546 g/mol. The second-order valence-corrected chi connectivity index (χ2v) is 10.5. The molecule has 0 saturated carbocycles. The van der Waals surface area contributed by atoms with Gasteiger partial charge in [-0.25, -0.2) is 4.79 Å². The number of methoxy groups -OCH3 is 2. The van der Waals surface area contributed by atoms with E-state index in [1.165, 1.54) is 10.8 Å². The molecule has 2 aliphatic rings. The topological polar surface area (TPSA) is 149 Å². The van der Waals surface area contributed by atoms with Gasteiger partial charge in [0.05, 0.1) is 33.1 Å². The first kappa shape index (κ1) is 31.6. The molecule has 1 unspecified atom stereocenters. The van der Waals surface area contributed by atoms with Crippen molar-refractivity contribution in [1.29, 1.82) is 0 Å². The van der Waals surface area contributed by atoms with E-state index in [0.717, 1.165) is 31.2 Å². The highest BCUT2D eigenvalue weighted by Gasteiger charge is 2.60. The fourth-order valence-corrected chi connectivity index (χ4v) is 5.06. The maximum absolute atomic E-state index is 12.9. The fraction of sp³-hybridized carbons (Fsp3) is 0.586. The molecule has 0 bridgehead atoms. The summed E-state index contributed by atoms with van der Waals surface area (Å²) >= 11 is 0. The predicted octanol–water partition coefficient (Wildman–Crippen LogP) is 1.86. The zero-order valence-corrected chi connectivity index (χ0v) is 25.0. The lowest BCUT2D eigenvalue weighted by Gasteiger charge is -2.35. The van der Waals surface area contributed by atoms with Gasteiger partial charge in [0, 0.05) is 42.8 Å². The van der Waals surface area contributed by atoms with Gasteiger partial charge in [-0.3, -0.25) is 19.4 Å². The lowest BCUT2D eigenvalue weighted by molar-refractivity contribution is -0.134. The Balaban J connectivity index is 1.72. The maximum atomic E-state index is 12.9. The number of aliphatic hydroxyl groups excluding tert-OH is 1. The Morgan fingerprint density at radius 2 is 1.86 bits per heavy atom. The first-order chi connectivity index (χ1) is 20.3. The number of aliphatic hydroxyl groups is 1. The second-order valence-electron chi connectivity index (χ2n) is 10.5. The van der Waals surface area contributed by atoms with Crippen LogP contribution < -0.4 is 31.7 Å². The first-order valence-corrected chi connectivity index (χ1v) is 14.4. The largest absolute Gasteiger partial charge is 0.497 e. The number of hydrogen-bond donors (Lipinski definition) is 4. The molecule has 13 nitrogen and oxygen atoms in total. The molecule has 3 heterocycles. The number of ether oxygens (including phenoxy) is 5. The minimum absolute atomic E-state index is 0.0502. The van der Waals surface area contributed by atoms with Gasteiger partial charge in [0.25, 0.3) is 5.56 Å². The molecule has 1 aromatic heterocycles. The number of H-pyrrole nitrogens is 1. The summed E-state index contributed by atoms with van der Waals surface area (Å²) in [5.41, 5.74) is 5.59. The Bertz CT molecular complexity index is 1340. The van der Waals surface area contributed by atoms with Crippen molar-refractivity contribution < 1.29 is 28.8 Å². The Morgan fingerprint density at radius 1 is 1.10 bits per heavy atom. The summed E-state index contributed by atoms with van der Waals surface area (Å²) in [4.78, 5) is 27.2. The normalized spacial score (nSPS) is 23.6. The van der Waals surface area contributed by atoms with E-state index in [9.17, 15) is 14.7 Å². The van der Waals surface area contributed by atoms with E-state index < -0.39 is 35.3 Å². The van der Waals surface area contributed by atoms with E-state index in [4.69, 9.17) is 23.7 Å². The summed E-state index contributed by atoms with van der Waals surface area (Å²) in [6.45, 7) is 7.03. The number of nitrogens with zero attached hydrogens (tertiary/aromatic N) is 2. The Labute approximate surface area is 245 Å². The molecule has 2 aliphatic heterocycles. The van der Waals surface area contributed by atoms with E-state index in [0.29, 0.717) is 42.5 Å². The highest BCUT2D eigenvalue weighted by Crippen LogP contribution is 2.43. The number of hydrazine groups is 2. The number of aromatic amines is 1. The molecule has 42 heavy (non-hydrogen) atoms. The quantitative estimate of drug-likeness (QED) is 0.226. The molecule has 1 aromatic carbocycles. The molecule has 4 rings (SSSR count). The number of rotatable bonds is 15. The summed E-state index contributed by atoms with van der Waals surface area (Å²) in [6, 6.07) is 5.59. The van der Waals surface area contributed by atoms with Crippen LogP contribution in [0.4, 0.5) is 0 Å². The van der Waals surface area contributed by atoms with Crippen LogP contribution in [0.25, 0.3) is 0 Å². The molecule has 13 heteroatoms. The monoisotopic (exact) mass is 589 g/mol. The van der Waals surface area contributed by atoms with Crippen LogP contribution in [0.2, 0.25) is 0 Å². The van der Waals surface area contributed by atoms with Crippen molar-refractivity contribution >= 4 is 0 Å². The van der Waals surface area contributed by atoms with Crippen molar-refractivity contribution in [2.45, 2.75) is 77.0 Å². The Hall–Kier alpha value is -3.36. The molecule has 1 saturated heterocycles. The predicted molar refractivity (Wildman–Crippen MR) is 155 cm³/mol. The summed E-state index contributed by atoms with van der Waals surface area (Å²) in [5, 5.41) is 13.4. The molecule has 1 fully saturated rings. The van der Waals surface area contributed by atoms with Gasteiger partial charge in [-0.2, -0.15) is 0 Å². The number of hydrogen-bond acceptors (Lipinski definition) is 11. The lowest BCUT2D eigenvalue weighted by atomic mass is 9.92. The number of aromatic nitrogens is 2. The van der Waals surface area contributed by atoms with Crippen LogP contribution in [0.5, 0.6) is 11.5 Å². The third-order valence-corrected chi connectivity index (χ3v) is 7.48. The average Bonchev–Trinajstić information content (AvgIpc) is 3.57.